The molecule has 110 valence electrons. The minimum Gasteiger partial charge on any atom is -0.368 e. The van der Waals surface area contributed by atoms with E-state index in [0.29, 0.717) is 0 Å². The van der Waals surface area contributed by atoms with E-state index in [9.17, 15) is 9.18 Å². The van der Waals surface area contributed by atoms with Crippen molar-refractivity contribution in [2.24, 2.45) is 11.5 Å². The van der Waals surface area contributed by atoms with Gasteiger partial charge in [0, 0.05) is 22.9 Å². The molecule has 0 fully saturated rings. The van der Waals surface area contributed by atoms with E-state index < -0.39 is 5.91 Å². The Morgan fingerprint density at radius 1 is 1.38 bits per heavy atom. The molecule has 1 aliphatic rings. The smallest absolute Gasteiger partial charge is 0.239 e. The van der Waals surface area contributed by atoms with E-state index in [1.165, 1.54) is 12.1 Å². The van der Waals surface area contributed by atoms with Crippen LogP contribution in [0.15, 0.2) is 24.3 Å². The third-order valence-corrected chi connectivity index (χ3v) is 3.82. The molecule has 1 aromatic carbocycles. The number of amides is 1. The highest BCUT2D eigenvalue weighted by Crippen LogP contribution is 2.35. The van der Waals surface area contributed by atoms with Gasteiger partial charge in [-0.1, -0.05) is 0 Å². The number of primary amides is 1. The molecule has 3 rings (SSSR count). The fourth-order valence-electron chi connectivity index (χ4n) is 2.90. The standard InChI is InChI=1S/C15H17FN4O/c16-10-6-4-9(5-7-10)15-14-11(17)2-1-3-12(14)20(19-15)8-13(18)21/h4-7,11H,1-3,8,17H2,(H2,18,21). The van der Waals surface area contributed by atoms with Crippen molar-refractivity contribution in [2.75, 3.05) is 0 Å². The molecular weight excluding hydrogens is 271 g/mol. The van der Waals surface area contributed by atoms with Crippen molar-refractivity contribution in [1.29, 1.82) is 0 Å². The summed E-state index contributed by atoms with van der Waals surface area (Å²) in [6.07, 6.45) is 2.66. The monoisotopic (exact) mass is 288 g/mol. The summed E-state index contributed by atoms with van der Waals surface area (Å²) in [5.74, 6) is -0.737. The van der Waals surface area contributed by atoms with Crippen LogP contribution in [0.4, 0.5) is 4.39 Å². The van der Waals surface area contributed by atoms with Crippen LogP contribution in [0, 0.1) is 5.82 Å². The molecule has 1 amide bonds. The first-order valence-electron chi connectivity index (χ1n) is 6.95. The third kappa shape index (κ3) is 2.54. The second-order valence-electron chi connectivity index (χ2n) is 5.34. The Kier molecular flexibility index (Phi) is 3.47. The Hall–Kier alpha value is -2.21. The summed E-state index contributed by atoms with van der Waals surface area (Å²) < 4.78 is 14.7. The number of aromatic nitrogens is 2. The van der Waals surface area contributed by atoms with Crippen molar-refractivity contribution >= 4 is 5.91 Å². The second kappa shape index (κ2) is 5.29. The largest absolute Gasteiger partial charge is 0.368 e. The predicted octanol–water partition coefficient (Wildman–Crippen LogP) is 1.51. The molecule has 1 aromatic heterocycles. The number of hydrogen-bond acceptors (Lipinski definition) is 3. The highest BCUT2D eigenvalue weighted by Gasteiger charge is 2.27. The lowest BCUT2D eigenvalue weighted by Gasteiger charge is -2.20. The van der Waals surface area contributed by atoms with Crippen molar-refractivity contribution in [3.63, 3.8) is 0 Å². The lowest BCUT2D eigenvalue weighted by molar-refractivity contribution is -0.118. The molecule has 1 aliphatic carbocycles. The first kappa shape index (κ1) is 13.8. The third-order valence-electron chi connectivity index (χ3n) is 3.82. The van der Waals surface area contributed by atoms with Gasteiger partial charge in [-0.05, 0) is 43.5 Å². The Bertz CT molecular complexity index is 678. The summed E-state index contributed by atoms with van der Waals surface area (Å²) in [4.78, 5) is 11.2. The van der Waals surface area contributed by atoms with Gasteiger partial charge in [-0.25, -0.2) is 4.39 Å². The zero-order valence-electron chi connectivity index (χ0n) is 11.6. The average molecular weight is 288 g/mol. The summed E-state index contributed by atoms with van der Waals surface area (Å²) >= 11 is 0. The topological polar surface area (TPSA) is 86.9 Å². The van der Waals surface area contributed by atoms with Gasteiger partial charge < -0.3 is 11.5 Å². The molecular formula is C15H17FN4O. The van der Waals surface area contributed by atoms with Crippen LogP contribution in [0.5, 0.6) is 0 Å². The number of fused-ring (bicyclic) bond motifs is 1. The lowest BCUT2D eigenvalue weighted by Crippen LogP contribution is -2.23. The van der Waals surface area contributed by atoms with E-state index in [1.54, 1.807) is 16.8 Å². The Morgan fingerprint density at radius 3 is 2.76 bits per heavy atom. The van der Waals surface area contributed by atoms with Crippen LogP contribution in [0.25, 0.3) is 11.3 Å². The summed E-state index contributed by atoms with van der Waals surface area (Å²) in [6.45, 7) is 0.0379. The molecule has 0 radical (unpaired) electrons. The molecule has 1 heterocycles. The van der Waals surface area contributed by atoms with Crippen molar-refractivity contribution in [3.8, 4) is 11.3 Å². The van der Waals surface area contributed by atoms with E-state index >= 15 is 0 Å². The van der Waals surface area contributed by atoms with Gasteiger partial charge in [0.1, 0.15) is 12.4 Å². The molecule has 21 heavy (non-hydrogen) atoms. The normalized spacial score (nSPS) is 17.5. The van der Waals surface area contributed by atoms with Gasteiger partial charge in [-0.3, -0.25) is 9.48 Å². The van der Waals surface area contributed by atoms with Gasteiger partial charge in [-0.15, -0.1) is 0 Å². The van der Waals surface area contributed by atoms with Crippen molar-refractivity contribution in [2.45, 2.75) is 31.8 Å². The molecule has 0 bridgehead atoms. The maximum Gasteiger partial charge on any atom is 0.239 e. The molecule has 0 saturated carbocycles. The number of halogens is 1. The molecule has 5 nitrogen and oxygen atoms in total. The van der Waals surface area contributed by atoms with Crippen molar-refractivity contribution in [3.05, 3.63) is 41.3 Å². The Labute approximate surface area is 121 Å². The van der Waals surface area contributed by atoms with E-state index in [0.717, 1.165) is 41.8 Å². The lowest BCUT2D eigenvalue weighted by atomic mass is 9.89. The highest BCUT2D eigenvalue weighted by atomic mass is 19.1. The number of carbonyl (C=O) groups excluding carboxylic acids is 1. The van der Waals surface area contributed by atoms with Crippen LogP contribution in [-0.2, 0) is 17.8 Å². The van der Waals surface area contributed by atoms with Gasteiger partial charge in [0.25, 0.3) is 0 Å². The van der Waals surface area contributed by atoms with Crippen LogP contribution in [0.3, 0.4) is 0 Å². The second-order valence-corrected chi connectivity index (χ2v) is 5.34. The summed E-state index contributed by atoms with van der Waals surface area (Å²) in [5, 5.41) is 4.50. The van der Waals surface area contributed by atoms with Gasteiger partial charge in [-0.2, -0.15) is 5.10 Å². The zero-order chi connectivity index (χ0) is 15.0. The number of nitrogens with zero attached hydrogens (tertiary/aromatic N) is 2. The summed E-state index contributed by atoms with van der Waals surface area (Å²) in [7, 11) is 0. The maximum atomic E-state index is 13.1. The van der Waals surface area contributed by atoms with Gasteiger partial charge in [0.15, 0.2) is 0 Å². The molecule has 4 N–H and O–H groups in total. The summed E-state index contributed by atoms with van der Waals surface area (Å²) in [6, 6.07) is 6.02. The Balaban J connectivity index is 2.13. The fraction of sp³-hybridized carbons (Fsp3) is 0.333. The molecule has 0 spiro atoms. The highest BCUT2D eigenvalue weighted by molar-refractivity contribution is 5.74. The average Bonchev–Trinajstić information content (AvgIpc) is 2.79. The minimum absolute atomic E-state index is 0.0379. The van der Waals surface area contributed by atoms with E-state index in [1.807, 2.05) is 0 Å². The number of carbonyl (C=O) groups is 1. The van der Waals surface area contributed by atoms with Gasteiger partial charge >= 0.3 is 0 Å². The Morgan fingerprint density at radius 2 is 2.10 bits per heavy atom. The van der Waals surface area contributed by atoms with E-state index in [-0.39, 0.29) is 18.4 Å². The first-order chi connectivity index (χ1) is 10.1. The van der Waals surface area contributed by atoms with Crippen LogP contribution < -0.4 is 11.5 Å². The summed E-state index contributed by atoms with van der Waals surface area (Å²) in [5.41, 5.74) is 14.9. The fourth-order valence-corrected chi connectivity index (χ4v) is 2.90. The SMILES string of the molecule is NC(=O)Cn1nc(-c2ccc(F)cc2)c2c1CCCC2N. The number of benzene rings is 1. The molecule has 1 unspecified atom stereocenters. The van der Waals surface area contributed by atoms with Crippen molar-refractivity contribution in [1.82, 2.24) is 9.78 Å². The zero-order valence-corrected chi connectivity index (χ0v) is 11.6. The molecule has 6 heteroatoms. The number of rotatable bonds is 3. The quantitative estimate of drug-likeness (QED) is 0.897. The van der Waals surface area contributed by atoms with Crippen molar-refractivity contribution < 1.29 is 9.18 Å². The van der Waals surface area contributed by atoms with Gasteiger partial charge in [0.05, 0.1) is 5.69 Å². The molecule has 0 saturated heterocycles. The van der Waals surface area contributed by atoms with E-state index in [4.69, 9.17) is 11.5 Å². The molecule has 2 aromatic rings. The van der Waals surface area contributed by atoms with Crippen LogP contribution >= 0.6 is 0 Å². The predicted molar refractivity (Wildman–Crippen MR) is 76.7 cm³/mol. The number of nitrogens with two attached hydrogens (primary N) is 2. The minimum atomic E-state index is -0.440. The molecule has 1 atom stereocenters. The number of hydrogen-bond donors (Lipinski definition) is 2. The van der Waals surface area contributed by atoms with E-state index in [2.05, 4.69) is 5.10 Å². The maximum absolute atomic E-state index is 13.1. The van der Waals surface area contributed by atoms with Gasteiger partial charge in [0.2, 0.25) is 5.91 Å². The first-order valence-corrected chi connectivity index (χ1v) is 6.95. The van der Waals surface area contributed by atoms with Crippen LogP contribution in [0.1, 0.15) is 30.1 Å². The molecule has 0 aliphatic heterocycles. The van der Waals surface area contributed by atoms with Crippen LogP contribution in [-0.4, -0.2) is 15.7 Å². The van der Waals surface area contributed by atoms with Crippen LogP contribution in [0.2, 0.25) is 0 Å².